The number of ether oxygens (including phenoxy) is 1. The number of carbonyl (C=O) groups is 1. The molecular weight excluding hydrogens is 242 g/mol. The molecule has 1 heterocycles. The van der Waals surface area contributed by atoms with Crippen LogP contribution in [-0.2, 0) is 11.2 Å². The van der Waals surface area contributed by atoms with Gasteiger partial charge in [-0.15, -0.1) is 0 Å². The molecule has 0 atom stereocenters. The van der Waals surface area contributed by atoms with E-state index in [4.69, 9.17) is 4.74 Å². The van der Waals surface area contributed by atoms with E-state index in [0.717, 1.165) is 17.7 Å². The number of aliphatic hydroxyl groups is 1. The summed E-state index contributed by atoms with van der Waals surface area (Å²) in [6, 6.07) is 7.76. The standard InChI is InChI=1S/C15H21NO3/c1-3-15(18)10-16(11-15)14(17)9-6-12-4-7-13(19-2)8-5-12/h4-5,7-8,18H,3,6,9-11H2,1-2H3. The summed E-state index contributed by atoms with van der Waals surface area (Å²) in [6.45, 7) is 2.90. The van der Waals surface area contributed by atoms with Crippen molar-refractivity contribution in [3.63, 3.8) is 0 Å². The summed E-state index contributed by atoms with van der Waals surface area (Å²) in [4.78, 5) is 13.6. The van der Waals surface area contributed by atoms with Crippen LogP contribution in [0.2, 0.25) is 0 Å². The Morgan fingerprint density at radius 2 is 2.00 bits per heavy atom. The van der Waals surface area contributed by atoms with Gasteiger partial charge in [-0.05, 0) is 30.5 Å². The van der Waals surface area contributed by atoms with Gasteiger partial charge in [-0.25, -0.2) is 0 Å². The summed E-state index contributed by atoms with van der Waals surface area (Å²) in [5, 5.41) is 9.87. The number of nitrogens with zero attached hydrogens (tertiary/aromatic N) is 1. The van der Waals surface area contributed by atoms with Gasteiger partial charge in [0.1, 0.15) is 5.75 Å². The van der Waals surface area contributed by atoms with Crippen LogP contribution in [0.4, 0.5) is 0 Å². The second kappa shape index (κ2) is 5.61. The molecule has 1 aliphatic rings. The number of aryl methyl sites for hydroxylation is 1. The number of hydrogen-bond acceptors (Lipinski definition) is 3. The lowest BCUT2D eigenvalue weighted by Gasteiger charge is -2.46. The first-order valence-corrected chi connectivity index (χ1v) is 6.69. The maximum Gasteiger partial charge on any atom is 0.223 e. The molecule has 1 aromatic carbocycles. The highest BCUT2D eigenvalue weighted by atomic mass is 16.5. The Hall–Kier alpha value is -1.55. The Kier molecular flexibility index (Phi) is 4.10. The number of hydrogen-bond donors (Lipinski definition) is 1. The highest BCUT2D eigenvalue weighted by molar-refractivity contribution is 5.77. The molecule has 0 saturated carbocycles. The van der Waals surface area contributed by atoms with Crippen LogP contribution >= 0.6 is 0 Å². The molecule has 1 aromatic rings. The van der Waals surface area contributed by atoms with Crippen LogP contribution in [0.15, 0.2) is 24.3 Å². The Balaban J connectivity index is 1.78. The monoisotopic (exact) mass is 263 g/mol. The normalized spacial score (nSPS) is 16.9. The molecule has 0 radical (unpaired) electrons. The van der Waals surface area contributed by atoms with Gasteiger partial charge in [0.15, 0.2) is 0 Å². The van der Waals surface area contributed by atoms with E-state index in [0.29, 0.717) is 25.9 Å². The summed E-state index contributed by atoms with van der Waals surface area (Å²) in [7, 11) is 1.64. The molecule has 1 amide bonds. The van der Waals surface area contributed by atoms with Crippen LogP contribution in [0.5, 0.6) is 5.75 Å². The first kappa shape index (κ1) is 13.9. The number of amides is 1. The number of carbonyl (C=O) groups excluding carboxylic acids is 1. The highest BCUT2D eigenvalue weighted by Gasteiger charge is 2.41. The summed E-state index contributed by atoms with van der Waals surface area (Å²) < 4.78 is 5.09. The van der Waals surface area contributed by atoms with Crippen molar-refractivity contribution in [3.8, 4) is 5.75 Å². The van der Waals surface area contributed by atoms with E-state index < -0.39 is 5.60 Å². The topological polar surface area (TPSA) is 49.8 Å². The van der Waals surface area contributed by atoms with Crippen LogP contribution in [0.25, 0.3) is 0 Å². The number of benzene rings is 1. The fraction of sp³-hybridized carbons (Fsp3) is 0.533. The van der Waals surface area contributed by atoms with Gasteiger partial charge in [0.2, 0.25) is 5.91 Å². The predicted octanol–water partition coefficient (Wildman–Crippen LogP) is 1.61. The zero-order chi connectivity index (χ0) is 13.9. The third kappa shape index (κ3) is 3.26. The van der Waals surface area contributed by atoms with Gasteiger partial charge in [0.25, 0.3) is 0 Å². The lowest BCUT2D eigenvalue weighted by atomic mass is 9.91. The second-order valence-corrected chi connectivity index (χ2v) is 5.18. The Labute approximate surface area is 114 Å². The van der Waals surface area contributed by atoms with Gasteiger partial charge in [0.05, 0.1) is 25.8 Å². The third-order valence-corrected chi connectivity index (χ3v) is 3.77. The molecule has 1 N–H and O–H groups in total. The van der Waals surface area contributed by atoms with E-state index >= 15 is 0 Å². The fourth-order valence-corrected chi connectivity index (χ4v) is 2.27. The minimum absolute atomic E-state index is 0.119. The molecule has 0 aliphatic carbocycles. The Bertz CT molecular complexity index is 435. The molecule has 19 heavy (non-hydrogen) atoms. The van der Waals surface area contributed by atoms with Crippen LogP contribution < -0.4 is 4.74 Å². The quantitative estimate of drug-likeness (QED) is 0.878. The Morgan fingerprint density at radius 1 is 1.37 bits per heavy atom. The summed E-state index contributed by atoms with van der Waals surface area (Å²) in [6.07, 6.45) is 1.92. The summed E-state index contributed by atoms with van der Waals surface area (Å²) in [5.41, 5.74) is 0.482. The molecule has 0 spiro atoms. The van der Waals surface area contributed by atoms with Crippen molar-refractivity contribution in [3.05, 3.63) is 29.8 Å². The van der Waals surface area contributed by atoms with E-state index in [1.807, 2.05) is 31.2 Å². The van der Waals surface area contributed by atoms with Gasteiger partial charge >= 0.3 is 0 Å². The molecule has 4 nitrogen and oxygen atoms in total. The zero-order valence-corrected chi connectivity index (χ0v) is 11.6. The van der Waals surface area contributed by atoms with Crippen LogP contribution in [-0.4, -0.2) is 41.7 Å². The van der Waals surface area contributed by atoms with Gasteiger partial charge in [0, 0.05) is 6.42 Å². The van der Waals surface area contributed by atoms with Crippen molar-refractivity contribution in [2.45, 2.75) is 31.8 Å². The van der Waals surface area contributed by atoms with Gasteiger partial charge in [-0.3, -0.25) is 4.79 Å². The average molecular weight is 263 g/mol. The molecule has 1 saturated heterocycles. The van der Waals surface area contributed by atoms with Crippen LogP contribution in [0.3, 0.4) is 0 Å². The van der Waals surface area contributed by atoms with Gasteiger partial charge in [-0.1, -0.05) is 19.1 Å². The lowest BCUT2D eigenvalue weighted by Crippen LogP contribution is -2.63. The van der Waals surface area contributed by atoms with Gasteiger partial charge < -0.3 is 14.7 Å². The van der Waals surface area contributed by atoms with Crippen molar-refractivity contribution in [2.24, 2.45) is 0 Å². The number of likely N-dealkylation sites (tertiary alicyclic amines) is 1. The molecule has 1 fully saturated rings. The number of β-amino-alcohol motifs (C(OH)–C–C–N with tert-alkyl or cyclic N) is 1. The second-order valence-electron chi connectivity index (χ2n) is 5.18. The minimum Gasteiger partial charge on any atom is -0.497 e. The minimum atomic E-state index is -0.643. The van der Waals surface area contributed by atoms with Crippen molar-refractivity contribution in [1.29, 1.82) is 0 Å². The van der Waals surface area contributed by atoms with Crippen LogP contribution in [0, 0.1) is 0 Å². The first-order valence-electron chi connectivity index (χ1n) is 6.69. The van der Waals surface area contributed by atoms with E-state index in [1.54, 1.807) is 12.0 Å². The smallest absolute Gasteiger partial charge is 0.223 e. The molecule has 0 bridgehead atoms. The Morgan fingerprint density at radius 3 is 2.53 bits per heavy atom. The maximum absolute atomic E-state index is 11.9. The summed E-state index contributed by atoms with van der Waals surface area (Å²) in [5.74, 6) is 0.944. The van der Waals surface area contributed by atoms with E-state index in [9.17, 15) is 9.90 Å². The molecule has 2 rings (SSSR count). The van der Waals surface area contributed by atoms with Crippen molar-refractivity contribution in [2.75, 3.05) is 20.2 Å². The molecule has 4 heteroatoms. The maximum atomic E-state index is 11.9. The highest BCUT2D eigenvalue weighted by Crippen LogP contribution is 2.25. The third-order valence-electron chi connectivity index (χ3n) is 3.77. The van der Waals surface area contributed by atoms with E-state index in [1.165, 1.54) is 0 Å². The van der Waals surface area contributed by atoms with Crippen LogP contribution in [0.1, 0.15) is 25.3 Å². The lowest BCUT2D eigenvalue weighted by molar-refractivity contribution is -0.155. The van der Waals surface area contributed by atoms with E-state index in [2.05, 4.69) is 0 Å². The molecular formula is C15H21NO3. The fourth-order valence-electron chi connectivity index (χ4n) is 2.27. The predicted molar refractivity (Wildman–Crippen MR) is 73.1 cm³/mol. The number of methoxy groups -OCH3 is 1. The SMILES string of the molecule is CCC1(O)CN(C(=O)CCc2ccc(OC)cc2)C1. The molecule has 0 unspecified atom stereocenters. The zero-order valence-electron chi connectivity index (χ0n) is 11.6. The largest absolute Gasteiger partial charge is 0.497 e. The average Bonchev–Trinajstić information content (AvgIpc) is 2.41. The number of rotatable bonds is 5. The van der Waals surface area contributed by atoms with Crippen molar-refractivity contribution in [1.82, 2.24) is 4.90 Å². The summed E-state index contributed by atoms with van der Waals surface area (Å²) >= 11 is 0. The molecule has 104 valence electrons. The first-order chi connectivity index (χ1) is 9.06. The van der Waals surface area contributed by atoms with Crippen molar-refractivity contribution < 1.29 is 14.6 Å². The molecule has 1 aliphatic heterocycles. The van der Waals surface area contributed by atoms with E-state index in [-0.39, 0.29) is 5.91 Å². The molecule has 0 aromatic heterocycles. The van der Waals surface area contributed by atoms with Gasteiger partial charge in [-0.2, -0.15) is 0 Å². The van der Waals surface area contributed by atoms with Crippen molar-refractivity contribution >= 4 is 5.91 Å².